The van der Waals surface area contributed by atoms with Gasteiger partial charge in [-0.05, 0) is 49.7 Å². The van der Waals surface area contributed by atoms with Crippen LogP contribution in [0, 0.1) is 6.92 Å². The molecule has 5 rings (SSSR count). The van der Waals surface area contributed by atoms with Gasteiger partial charge >= 0.3 is 13.5 Å². The molecule has 0 spiro atoms. The second-order valence-electron chi connectivity index (χ2n) is 8.15. The van der Waals surface area contributed by atoms with Crippen LogP contribution in [0.4, 0.5) is 5.69 Å². The third kappa shape index (κ3) is 4.71. The number of carbonyl (C=O) groups is 1. The lowest BCUT2D eigenvalue weighted by molar-refractivity contribution is 0.0703. The maximum Gasteiger partial charge on any atom is 0.348 e. The van der Waals surface area contributed by atoms with E-state index in [4.69, 9.17) is 8.94 Å². The van der Waals surface area contributed by atoms with E-state index in [9.17, 15) is 14.5 Å². The maximum absolute atomic E-state index is 13.8. The monoisotopic (exact) mass is 518 g/mol. The molecule has 182 valence electrons. The van der Waals surface area contributed by atoms with Crippen molar-refractivity contribution in [2.75, 3.05) is 11.7 Å². The quantitative estimate of drug-likeness (QED) is 0.210. The smallest absolute Gasteiger partial charge is 0.348 e. The van der Waals surface area contributed by atoms with Crippen molar-refractivity contribution in [3.8, 4) is 21.8 Å². The summed E-state index contributed by atoms with van der Waals surface area (Å²) in [7, 11) is -3.55. The van der Waals surface area contributed by atoms with Crippen molar-refractivity contribution < 1.29 is 23.4 Å². The van der Waals surface area contributed by atoms with Gasteiger partial charge in [-0.2, -0.15) is 0 Å². The van der Waals surface area contributed by atoms with Crippen LogP contribution >= 0.6 is 18.9 Å². The Bertz CT molecular complexity index is 1560. The highest BCUT2D eigenvalue weighted by Gasteiger charge is 2.29. The van der Waals surface area contributed by atoms with Crippen LogP contribution in [0.3, 0.4) is 0 Å². The molecule has 0 bridgehead atoms. The van der Waals surface area contributed by atoms with Gasteiger partial charge < -0.3 is 19.1 Å². The van der Waals surface area contributed by atoms with E-state index in [1.165, 1.54) is 0 Å². The van der Waals surface area contributed by atoms with E-state index in [0.717, 1.165) is 38.4 Å². The van der Waals surface area contributed by atoms with E-state index in [1.807, 2.05) is 61.5 Å². The number of aryl methyl sites for hydroxylation is 1. The molecule has 7 nitrogen and oxygen atoms in total. The molecule has 3 aromatic heterocycles. The maximum atomic E-state index is 13.8. The van der Waals surface area contributed by atoms with Crippen LogP contribution in [-0.4, -0.2) is 22.7 Å². The molecule has 0 saturated heterocycles. The summed E-state index contributed by atoms with van der Waals surface area (Å²) in [6.45, 7) is 3.89. The molecule has 0 radical (unpaired) electrons. The summed E-state index contributed by atoms with van der Waals surface area (Å²) in [5.74, 6) is -0.405. The normalized spacial score (nSPS) is 12.9. The van der Waals surface area contributed by atoms with Crippen LogP contribution in [0.2, 0.25) is 0 Å². The van der Waals surface area contributed by atoms with Crippen molar-refractivity contribution in [2.24, 2.45) is 0 Å². The molecular weight excluding hydrogens is 495 g/mol. The van der Waals surface area contributed by atoms with Gasteiger partial charge in [-0.15, -0.1) is 11.3 Å². The third-order valence-corrected chi connectivity index (χ3v) is 8.93. The number of carboxylic acids is 1. The number of nitrogens with one attached hydrogen (secondary N) is 1. The molecule has 36 heavy (non-hydrogen) atoms. The number of pyridine rings is 1. The largest absolute Gasteiger partial charge is 0.477 e. The molecule has 2 aromatic carbocycles. The Morgan fingerprint density at radius 2 is 1.81 bits per heavy atom. The van der Waals surface area contributed by atoms with Gasteiger partial charge in [0.1, 0.15) is 16.2 Å². The van der Waals surface area contributed by atoms with E-state index < -0.39 is 13.5 Å². The minimum absolute atomic E-state index is 0.0597. The van der Waals surface area contributed by atoms with Gasteiger partial charge in [-0.25, -0.2) is 4.79 Å². The number of aromatic nitrogens is 1. The number of thiophene rings is 1. The Morgan fingerprint density at radius 3 is 2.47 bits per heavy atom. The standard InChI is InChI=1S/C27H23N2O5PS/c1-3-33-35(32,20-12-6-17(2)7-13-20)29-22-16-25(36-26(22)27(30)31)19-10-8-18(9-11-19)24-15-21-23(34-24)5-4-14-28-21/h4-16H,3H2,1-2H3,(H,29,32)(H,30,31). The summed E-state index contributed by atoms with van der Waals surface area (Å²) in [6.07, 6.45) is 1.72. The van der Waals surface area contributed by atoms with Crippen molar-refractivity contribution in [1.29, 1.82) is 0 Å². The van der Waals surface area contributed by atoms with Crippen LogP contribution < -0.4 is 10.4 Å². The van der Waals surface area contributed by atoms with E-state index in [2.05, 4.69) is 10.1 Å². The Hall–Kier alpha value is -3.71. The van der Waals surface area contributed by atoms with Gasteiger partial charge in [0, 0.05) is 22.7 Å². The Morgan fingerprint density at radius 1 is 1.08 bits per heavy atom. The van der Waals surface area contributed by atoms with Crippen LogP contribution in [0.15, 0.2) is 83.4 Å². The van der Waals surface area contributed by atoms with Crippen molar-refractivity contribution in [3.63, 3.8) is 0 Å². The van der Waals surface area contributed by atoms with E-state index in [1.54, 1.807) is 31.3 Å². The lowest BCUT2D eigenvalue weighted by Crippen LogP contribution is -2.15. The fourth-order valence-electron chi connectivity index (χ4n) is 3.84. The van der Waals surface area contributed by atoms with E-state index >= 15 is 0 Å². The highest BCUT2D eigenvalue weighted by atomic mass is 32.1. The number of benzene rings is 2. The molecule has 3 heterocycles. The summed E-state index contributed by atoms with van der Waals surface area (Å²) in [6, 6.07) is 22.1. The molecule has 0 aliphatic carbocycles. The second kappa shape index (κ2) is 9.74. The van der Waals surface area contributed by atoms with E-state index in [0.29, 0.717) is 16.6 Å². The van der Waals surface area contributed by atoms with E-state index in [-0.39, 0.29) is 17.2 Å². The van der Waals surface area contributed by atoms with Crippen LogP contribution in [0.1, 0.15) is 22.2 Å². The van der Waals surface area contributed by atoms with Crippen molar-refractivity contribution >= 4 is 46.9 Å². The number of hydrogen-bond donors (Lipinski definition) is 2. The average molecular weight is 519 g/mol. The molecule has 9 heteroatoms. The second-order valence-corrected chi connectivity index (χ2v) is 11.3. The first-order chi connectivity index (χ1) is 17.4. The number of furan rings is 1. The van der Waals surface area contributed by atoms with Gasteiger partial charge in [0.25, 0.3) is 0 Å². The summed E-state index contributed by atoms with van der Waals surface area (Å²) in [5, 5.41) is 13.2. The SMILES string of the molecule is CCOP(=O)(Nc1cc(-c2ccc(-c3cc4ncccc4o3)cc2)sc1C(=O)O)c1ccc(C)cc1. The fourth-order valence-corrected chi connectivity index (χ4v) is 6.61. The summed E-state index contributed by atoms with van der Waals surface area (Å²) in [4.78, 5) is 17.1. The minimum atomic E-state index is -3.55. The fraction of sp³-hybridized carbons (Fsp3) is 0.111. The summed E-state index contributed by atoms with van der Waals surface area (Å²) < 4.78 is 25.3. The van der Waals surface area contributed by atoms with Gasteiger partial charge in [-0.3, -0.25) is 9.55 Å². The number of carboxylic acid groups (broad SMARTS) is 1. The number of hydrogen-bond acceptors (Lipinski definition) is 6. The first-order valence-corrected chi connectivity index (χ1v) is 13.7. The van der Waals surface area contributed by atoms with Crippen molar-refractivity contribution in [3.05, 3.63) is 89.4 Å². The Balaban J connectivity index is 1.47. The molecule has 1 unspecified atom stereocenters. The van der Waals surface area contributed by atoms with Gasteiger partial charge in [0.05, 0.1) is 17.6 Å². The highest BCUT2D eigenvalue weighted by Crippen LogP contribution is 2.48. The Labute approximate surface area is 211 Å². The zero-order valence-electron chi connectivity index (χ0n) is 19.6. The van der Waals surface area contributed by atoms with Gasteiger partial charge in [-0.1, -0.05) is 42.0 Å². The molecule has 0 amide bonds. The molecule has 0 aliphatic rings. The zero-order valence-corrected chi connectivity index (χ0v) is 21.3. The van der Waals surface area contributed by atoms with Gasteiger partial charge in [0.15, 0.2) is 5.58 Å². The highest BCUT2D eigenvalue weighted by molar-refractivity contribution is 7.68. The third-order valence-electron chi connectivity index (χ3n) is 5.62. The topological polar surface area (TPSA) is 102 Å². The predicted molar refractivity (Wildman–Crippen MR) is 143 cm³/mol. The van der Waals surface area contributed by atoms with Crippen LogP contribution in [0.25, 0.3) is 32.9 Å². The predicted octanol–water partition coefficient (Wildman–Crippen LogP) is 7.20. The number of aromatic carboxylic acids is 1. The summed E-state index contributed by atoms with van der Waals surface area (Å²) in [5.41, 5.74) is 4.48. The first-order valence-electron chi connectivity index (χ1n) is 11.3. The molecule has 2 N–H and O–H groups in total. The van der Waals surface area contributed by atoms with Gasteiger partial charge in [0.2, 0.25) is 0 Å². The average Bonchev–Trinajstić information content (AvgIpc) is 3.49. The number of nitrogens with zero attached hydrogens (tertiary/aromatic N) is 1. The van der Waals surface area contributed by atoms with Crippen LogP contribution in [0.5, 0.6) is 0 Å². The molecule has 0 saturated carbocycles. The van der Waals surface area contributed by atoms with Crippen molar-refractivity contribution in [1.82, 2.24) is 4.98 Å². The summed E-state index contributed by atoms with van der Waals surface area (Å²) >= 11 is 1.11. The molecular formula is C27H23N2O5PS. The molecule has 0 aliphatic heterocycles. The zero-order chi connectivity index (χ0) is 25.3. The molecule has 5 aromatic rings. The number of rotatable bonds is 8. The van der Waals surface area contributed by atoms with Crippen molar-refractivity contribution in [2.45, 2.75) is 13.8 Å². The number of anilines is 1. The lowest BCUT2D eigenvalue weighted by atomic mass is 10.1. The molecule has 0 fully saturated rings. The first kappa shape index (κ1) is 24.0. The molecule has 1 atom stereocenters. The van der Waals surface area contributed by atoms with Crippen LogP contribution in [-0.2, 0) is 9.09 Å². The number of fused-ring (bicyclic) bond motifs is 1. The lowest BCUT2D eigenvalue weighted by Gasteiger charge is -2.20. The Kier molecular flexibility index (Phi) is 6.49. The minimum Gasteiger partial charge on any atom is -0.477 e.